The van der Waals surface area contributed by atoms with Gasteiger partial charge in [-0.2, -0.15) is 15.6 Å². The highest BCUT2D eigenvalue weighted by Crippen LogP contribution is 2.37. The first-order valence-electron chi connectivity index (χ1n) is 12.7. The Balaban J connectivity index is 1.09. The maximum atomic E-state index is 12.8. The van der Waals surface area contributed by atoms with Crippen molar-refractivity contribution in [2.45, 2.75) is 30.8 Å². The van der Waals surface area contributed by atoms with Crippen LogP contribution in [-0.4, -0.2) is 72.8 Å². The lowest BCUT2D eigenvalue weighted by atomic mass is 9.84. The number of carbonyl (C=O) groups is 1. The molecule has 6 rings (SSSR count). The third-order valence-electron chi connectivity index (χ3n) is 7.71. The van der Waals surface area contributed by atoms with Crippen molar-refractivity contribution in [3.63, 3.8) is 0 Å². The summed E-state index contributed by atoms with van der Waals surface area (Å²) in [7, 11) is 0. The molecule has 0 saturated carbocycles. The fraction of sp³-hybridized carbons (Fsp3) is 0.333. The number of carbonyl (C=O) groups excluding carboxylic acids is 1. The second-order valence-corrected chi connectivity index (χ2v) is 10.5. The minimum Gasteiger partial charge on any atom is -0.346 e. The predicted octanol–water partition coefficient (Wildman–Crippen LogP) is 3.97. The number of nitrogens with zero attached hydrogens (tertiary/aromatic N) is 8. The quantitative estimate of drug-likeness (QED) is 0.390. The summed E-state index contributed by atoms with van der Waals surface area (Å²) in [4.78, 5) is 28.8. The van der Waals surface area contributed by atoms with E-state index < -0.39 is 5.54 Å². The minimum atomic E-state index is -0.395. The van der Waals surface area contributed by atoms with Crippen LogP contribution in [0.4, 0.5) is 10.5 Å². The number of fused-ring (bicyclic) bond motifs is 1. The standard InChI is InChI=1S/C27H25ClN10O/c28-20-1-2-23(18(11-20)12-30)35-26(39)36-9-4-21(5-10-36)37-15-27(16-37,6-7-29)38-14-19(13-34-38)24-22-3-8-31-25(22)33-17-32-24/h1-3,8,11,13-14,17,21H,4-6,9-10,15-16H2,(H,35,39)(H,31,32,33). The molecule has 0 unspecified atom stereocenters. The molecule has 2 amide bonds. The minimum absolute atomic E-state index is 0.222. The highest BCUT2D eigenvalue weighted by molar-refractivity contribution is 6.30. The number of amides is 2. The number of piperidine rings is 1. The number of urea groups is 1. The van der Waals surface area contributed by atoms with Crippen LogP contribution in [0, 0.1) is 22.7 Å². The van der Waals surface area contributed by atoms with Crippen molar-refractivity contribution in [1.82, 2.24) is 34.5 Å². The summed E-state index contributed by atoms with van der Waals surface area (Å²) in [5, 5.41) is 27.8. The maximum Gasteiger partial charge on any atom is 0.321 e. The number of hydrogen-bond donors (Lipinski definition) is 2. The molecule has 2 saturated heterocycles. The third-order valence-corrected chi connectivity index (χ3v) is 7.95. The number of hydrogen-bond acceptors (Lipinski definition) is 7. The molecule has 5 heterocycles. The second kappa shape index (κ2) is 10.0. The SMILES string of the molecule is N#CCC1(n2cc(-c3ncnc4[nH]ccc34)cn2)CN(C2CCN(C(=O)Nc3ccc(Cl)cc3C#N)CC2)C1. The Morgan fingerprint density at radius 1 is 1.21 bits per heavy atom. The van der Waals surface area contributed by atoms with Crippen molar-refractivity contribution >= 4 is 34.4 Å². The van der Waals surface area contributed by atoms with Gasteiger partial charge in [0, 0.05) is 60.6 Å². The van der Waals surface area contributed by atoms with Gasteiger partial charge in [0.2, 0.25) is 0 Å². The Kier molecular flexibility index (Phi) is 6.39. The molecule has 0 atom stereocenters. The molecule has 0 bridgehead atoms. The smallest absolute Gasteiger partial charge is 0.321 e. The lowest BCUT2D eigenvalue weighted by Gasteiger charge is -2.53. The molecule has 11 nitrogen and oxygen atoms in total. The first-order chi connectivity index (χ1) is 19.0. The van der Waals surface area contributed by atoms with E-state index in [1.807, 2.05) is 23.1 Å². The van der Waals surface area contributed by atoms with Gasteiger partial charge in [0.25, 0.3) is 0 Å². The summed E-state index contributed by atoms with van der Waals surface area (Å²) in [6.07, 6.45) is 9.17. The summed E-state index contributed by atoms with van der Waals surface area (Å²) >= 11 is 5.96. The van der Waals surface area contributed by atoms with E-state index in [0.29, 0.717) is 41.8 Å². The number of aromatic amines is 1. The van der Waals surface area contributed by atoms with Crippen molar-refractivity contribution < 1.29 is 4.79 Å². The average molecular weight is 541 g/mol. The van der Waals surface area contributed by atoms with Crippen LogP contribution >= 0.6 is 11.6 Å². The number of nitrogens with one attached hydrogen (secondary N) is 2. The number of anilines is 1. The first-order valence-corrected chi connectivity index (χ1v) is 13.1. The van der Waals surface area contributed by atoms with E-state index in [4.69, 9.17) is 11.6 Å². The highest BCUT2D eigenvalue weighted by Gasteiger charge is 2.48. The Morgan fingerprint density at radius 3 is 2.79 bits per heavy atom. The Morgan fingerprint density at radius 2 is 2.03 bits per heavy atom. The van der Waals surface area contributed by atoms with E-state index in [0.717, 1.165) is 48.2 Å². The predicted molar refractivity (Wildman–Crippen MR) is 145 cm³/mol. The zero-order chi connectivity index (χ0) is 27.0. The molecular weight excluding hydrogens is 516 g/mol. The first kappa shape index (κ1) is 24.9. The number of nitriles is 2. The van der Waals surface area contributed by atoms with Gasteiger partial charge in [0.1, 0.15) is 23.6 Å². The largest absolute Gasteiger partial charge is 0.346 e. The molecule has 12 heteroatoms. The van der Waals surface area contributed by atoms with Crippen molar-refractivity contribution in [2.24, 2.45) is 0 Å². The maximum absolute atomic E-state index is 12.8. The van der Waals surface area contributed by atoms with Crippen LogP contribution < -0.4 is 5.32 Å². The molecule has 3 aromatic heterocycles. The summed E-state index contributed by atoms with van der Waals surface area (Å²) < 4.78 is 1.92. The normalized spacial score (nSPS) is 17.4. The number of aromatic nitrogens is 5. The van der Waals surface area contributed by atoms with Gasteiger partial charge >= 0.3 is 6.03 Å². The van der Waals surface area contributed by atoms with Gasteiger partial charge in [0.15, 0.2) is 0 Å². The number of halogens is 1. The Hall–Kier alpha value is -4.45. The summed E-state index contributed by atoms with van der Waals surface area (Å²) in [6, 6.07) is 11.3. The molecule has 1 aromatic carbocycles. The van der Waals surface area contributed by atoms with Crippen molar-refractivity contribution in [3.8, 4) is 23.4 Å². The third kappa shape index (κ3) is 4.56. The van der Waals surface area contributed by atoms with E-state index in [9.17, 15) is 15.3 Å². The van der Waals surface area contributed by atoms with Gasteiger partial charge in [-0.3, -0.25) is 9.58 Å². The lowest BCUT2D eigenvalue weighted by molar-refractivity contribution is -0.0399. The molecule has 39 heavy (non-hydrogen) atoms. The molecule has 196 valence electrons. The summed E-state index contributed by atoms with van der Waals surface area (Å²) in [5.41, 5.74) is 2.86. The van der Waals surface area contributed by atoms with E-state index in [2.05, 4.69) is 42.4 Å². The summed E-state index contributed by atoms with van der Waals surface area (Å²) in [5.74, 6) is 0. The fourth-order valence-electron chi connectivity index (χ4n) is 5.61. The molecule has 2 aliphatic rings. The second-order valence-electron chi connectivity index (χ2n) is 10.1. The van der Waals surface area contributed by atoms with Crippen LogP contribution in [-0.2, 0) is 5.54 Å². The number of rotatable bonds is 5. The van der Waals surface area contributed by atoms with E-state index >= 15 is 0 Å². The lowest BCUT2D eigenvalue weighted by Crippen LogP contribution is -2.66. The molecule has 0 spiro atoms. The van der Waals surface area contributed by atoms with Crippen LogP contribution in [0.1, 0.15) is 24.8 Å². The van der Waals surface area contributed by atoms with Crippen LogP contribution in [0.3, 0.4) is 0 Å². The zero-order valence-corrected chi connectivity index (χ0v) is 21.8. The van der Waals surface area contributed by atoms with Crippen LogP contribution in [0.25, 0.3) is 22.3 Å². The Labute approximate surface area is 229 Å². The Bertz CT molecular complexity index is 1620. The van der Waals surface area contributed by atoms with Gasteiger partial charge in [-0.05, 0) is 37.1 Å². The molecule has 0 aliphatic carbocycles. The number of benzene rings is 1. The molecule has 0 radical (unpaired) electrons. The zero-order valence-electron chi connectivity index (χ0n) is 21.0. The molecule has 2 N–H and O–H groups in total. The van der Waals surface area contributed by atoms with Crippen LogP contribution in [0.2, 0.25) is 5.02 Å². The van der Waals surface area contributed by atoms with Gasteiger partial charge in [0.05, 0.1) is 35.6 Å². The monoisotopic (exact) mass is 540 g/mol. The summed E-state index contributed by atoms with van der Waals surface area (Å²) in [6.45, 7) is 2.66. The molecular formula is C27H25ClN10O. The van der Waals surface area contributed by atoms with Gasteiger partial charge in [-0.25, -0.2) is 14.8 Å². The van der Waals surface area contributed by atoms with Gasteiger partial charge in [-0.15, -0.1) is 0 Å². The van der Waals surface area contributed by atoms with Gasteiger partial charge in [-0.1, -0.05) is 11.6 Å². The van der Waals surface area contributed by atoms with Crippen LogP contribution in [0.15, 0.2) is 49.2 Å². The topological polar surface area (TPSA) is 143 Å². The average Bonchev–Trinajstić information content (AvgIpc) is 3.62. The molecule has 2 fully saturated rings. The molecule has 4 aromatic rings. The number of H-pyrrole nitrogens is 1. The highest BCUT2D eigenvalue weighted by atomic mass is 35.5. The van der Waals surface area contributed by atoms with Crippen molar-refractivity contribution in [1.29, 1.82) is 10.5 Å². The van der Waals surface area contributed by atoms with Crippen molar-refractivity contribution in [3.05, 3.63) is 59.8 Å². The van der Waals surface area contributed by atoms with Crippen LogP contribution in [0.5, 0.6) is 0 Å². The van der Waals surface area contributed by atoms with E-state index in [-0.39, 0.29) is 6.03 Å². The number of likely N-dealkylation sites (tertiary alicyclic amines) is 2. The van der Waals surface area contributed by atoms with Gasteiger partial charge < -0.3 is 15.2 Å². The van der Waals surface area contributed by atoms with E-state index in [1.165, 1.54) is 12.4 Å². The molecule has 2 aliphatic heterocycles. The van der Waals surface area contributed by atoms with Crippen molar-refractivity contribution in [2.75, 3.05) is 31.5 Å². The van der Waals surface area contributed by atoms with E-state index in [1.54, 1.807) is 23.2 Å². The fourth-order valence-corrected chi connectivity index (χ4v) is 5.78.